The molecule has 0 N–H and O–H groups in total. The third-order valence-electron chi connectivity index (χ3n) is 3.30. The Bertz CT molecular complexity index is 770. The maximum Gasteiger partial charge on any atom is 0.159 e. The molecule has 0 saturated heterocycles. The van der Waals surface area contributed by atoms with E-state index < -0.39 is 0 Å². The van der Waals surface area contributed by atoms with Crippen LogP contribution in [0.25, 0.3) is 0 Å². The Morgan fingerprint density at radius 1 is 1.41 bits per heavy atom. The Labute approximate surface area is 131 Å². The van der Waals surface area contributed by atoms with Crippen LogP contribution in [0.3, 0.4) is 0 Å². The van der Waals surface area contributed by atoms with Gasteiger partial charge in [-0.3, -0.25) is 4.79 Å². The summed E-state index contributed by atoms with van der Waals surface area (Å²) in [5, 5.41) is 5.95. The minimum atomic E-state index is 0.0356. The lowest BCUT2D eigenvalue weighted by Crippen LogP contribution is -2.15. The third kappa shape index (κ3) is 3.42. The number of carbonyl (C=O) groups is 1. The molecule has 1 aromatic carbocycles. The van der Waals surface area contributed by atoms with Crippen LogP contribution in [0, 0.1) is 18.8 Å². The lowest BCUT2D eigenvalue weighted by Gasteiger charge is -2.20. The van der Waals surface area contributed by atoms with Gasteiger partial charge in [0.25, 0.3) is 0 Å². The van der Waals surface area contributed by atoms with Crippen molar-refractivity contribution < 1.29 is 4.79 Å². The predicted octanol–water partition coefficient (Wildman–Crippen LogP) is 3.82. The Hall–Kier alpha value is -2.86. The Balaban J connectivity index is 2.34. The molecule has 0 aromatic heterocycles. The van der Waals surface area contributed by atoms with Gasteiger partial charge in [0, 0.05) is 17.3 Å². The number of allylic oxidation sites excluding steroid dienone is 4. The SMILES string of the molecule is C=C1C=CC=NN1/C(C#Cc1cc(C(C)=O)ccc1C)=C\C. The van der Waals surface area contributed by atoms with Crippen LogP contribution in [0.4, 0.5) is 0 Å². The molecule has 0 radical (unpaired) electrons. The number of hydrogen-bond acceptors (Lipinski definition) is 3. The molecular weight excluding hydrogens is 272 g/mol. The van der Waals surface area contributed by atoms with Crippen LogP contribution in [0.1, 0.15) is 35.3 Å². The second kappa shape index (κ2) is 6.73. The molecule has 1 aliphatic rings. The number of hydrogen-bond donors (Lipinski definition) is 0. The average molecular weight is 290 g/mol. The van der Waals surface area contributed by atoms with Crippen LogP contribution in [0.2, 0.25) is 0 Å². The Kier molecular flexibility index (Phi) is 4.75. The zero-order chi connectivity index (χ0) is 16.1. The van der Waals surface area contributed by atoms with E-state index in [9.17, 15) is 4.79 Å². The van der Waals surface area contributed by atoms with E-state index >= 15 is 0 Å². The minimum absolute atomic E-state index is 0.0356. The highest BCUT2D eigenvalue weighted by Crippen LogP contribution is 2.16. The molecule has 0 spiro atoms. The average Bonchev–Trinajstić information content (AvgIpc) is 2.50. The fourth-order valence-electron chi connectivity index (χ4n) is 1.98. The van der Waals surface area contributed by atoms with Crippen LogP contribution in [-0.2, 0) is 0 Å². The summed E-state index contributed by atoms with van der Waals surface area (Å²) < 4.78 is 0. The number of Topliss-reactive ketones (excluding diaryl/α,β-unsaturated/α-hetero) is 1. The molecule has 1 aliphatic heterocycles. The molecule has 0 saturated carbocycles. The molecule has 3 heteroatoms. The summed E-state index contributed by atoms with van der Waals surface area (Å²) in [6.45, 7) is 9.38. The topological polar surface area (TPSA) is 32.7 Å². The molecule has 3 nitrogen and oxygen atoms in total. The van der Waals surface area contributed by atoms with Gasteiger partial charge < -0.3 is 0 Å². The van der Waals surface area contributed by atoms with Gasteiger partial charge in [0.1, 0.15) is 5.70 Å². The second-order valence-corrected chi connectivity index (χ2v) is 4.94. The van der Waals surface area contributed by atoms with E-state index in [-0.39, 0.29) is 5.78 Å². The van der Waals surface area contributed by atoms with Gasteiger partial charge in [-0.25, -0.2) is 5.01 Å². The van der Waals surface area contributed by atoms with Crippen molar-refractivity contribution in [1.29, 1.82) is 0 Å². The minimum Gasteiger partial charge on any atom is -0.295 e. The molecule has 1 aromatic rings. The molecule has 0 amide bonds. The van der Waals surface area contributed by atoms with E-state index in [0.29, 0.717) is 5.56 Å². The first-order chi connectivity index (χ1) is 10.5. The van der Waals surface area contributed by atoms with Gasteiger partial charge in [0.15, 0.2) is 5.78 Å². The molecule has 0 atom stereocenters. The lowest BCUT2D eigenvalue weighted by atomic mass is 10.0. The molecule has 1 heterocycles. The summed E-state index contributed by atoms with van der Waals surface area (Å²) in [5.74, 6) is 6.27. The summed E-state index contributed by atoms with van der Waals surface area (Å²) in [6, 6.07) is 5.56. The van der Waals surface area contributed by atoms with Crippen molar-refractivity contribution in [3.05, 3.63) is 71.1 Å². The maximum atomic E-state index is 11.5. The third-order valence-corrected chi connectivity index (χ3v) is 3.30. The van der Waals surface area contributed by atoms with Gasteiger partial charge in [-0.1, -0.05) is 30.7 Å². The largest absolute Gasteiger partial charge is 0.295 e. The molecule has 0 fully saturated rings. The zero-order valence-corrected chi connectivity index (χ0v) is 13.1. The number of aryl methyl sites for hydroxylation is 1. The molecule has 110 valence electrons. The van der Waals surface area contributed by atoms with Crippen molar-refractivity contribution in [2.45, 2.75) is 20.8 Å². The first kappa shape index (κ1) is 15.5. The first-order valence-corrected chi connectivity index (χ1v) is 7.02. The smallest absolute Gasteiger partial charge is 0.159 e. The fraction of sp³-hybridized carbons (Fsp3) is 0.158. The zero-order valence-electron chi connectivity index (χ0n) is 13.1. The van der Waals surface area contributed by atoms with Crippen LogP contribution < -0.4 is 0 Å². The number of nitrogens with zero attached hydrogens (tertiary/aromatic N) is 2. The van der Waals surface area contributed by atoms with Crippen molar-refractivity contribution in [2.24, 2.45) is 5.10 Å². The quantitative estimate of drug-likeness (QED) is 0.612. The van der Waals surface area contributed by atoms with Crippen LogP contribution in [-0.4, -0.2) is 17.0 Å². The number of hydrazone groups is 1. The van der Waals surface area contributed by atoms with Gasteiger partial charge in [-0.2, -0.15) is 5.10 Å². The molecule has 0 aliphatic carbocycles. The summed E-state index contributed by atoms with van der Waals surface area (Å²) in [5.41, 5.74) is 4.06. The van der Waals surface area contributed by atoms with Crippen LogP contribution in [0.15, 0.2) is 59.5 Å². The summed E-state index contributed by atoms with van der Waals surface area (Å²) in [4.78, 5) is 11.5. The van der Waals surface area contributed by atoms with Crippen LogP contribution >= 0.6 is 0 Å². The van der Waals surface area contributed by atoms with Gasteiger partial charge in [-0.15, -0.1) is 0 Å². The summed E-state index contributed by atoms with van der Waals surface area (Å²) in [6.07, 6.45) is 7.29. The van der Waals surface area contributed by atoms with E-state index in [2.05, 4.69) is 23.5 Å². The highest BCUT2D eigenvalue weighted by atomic mass is 16.1. The highest BCUT2D eigenvalue weighted by Gasteiger charge is 2.09. The number of benzene rings is 1. The molecule has 0 bridgehead atoms. The summed E-state index contributed by atoms with van der Waals surface area (Å²) >= 11 is 0. The van der Waals surface area contributed by atoms with E-state index in [4.69, 9.17) is 0 Å². The normalized spacial score (nSPS) is 13.9. The van der Waals surface area contributed by atoms with E-state index in [0.717, 1.165) is 22.5 Å². The molecule has 2 rings (SSSR count). The highest BCUT2D eigenvalue weighted by molar-refractivity contribution is 5.94. The van der Waals surface area contributed by atoms with Gasteiger partial charge in [-0.05, 0) is 50.5 Å². The number of ketones is 1. The predicted molar refractivity (Wildman–Crippen MR) is 90.4 cm³/mol. The second-order valence-electron chi connectivity index (χ2n) is 4.94. The Morgan fingerprint density at radius 2 is 2.18 bits per heavy atom. The van der Waals surface area contributed by atoms with E-state index in [1.807, 2.05) is 50.3 Å². The summed E-state index contributed by atoms with van der Waals surface area (Å²) in [7, 11) is 0. The molecule has 22 heavy (non-hydrogen) atoms. The van der Waals surface area contributed by atoms with Crippen molar-refractivity contribution in [3.8, 4) is 11.8 Å². The number of rotatable bonds is 2. The number of carbonyl (C=O) groups excluding carboxylic acids is 1. The van der Waals surface area contributed by atoms with Crippen LogP contribution in [0.5, 0.6) is 0 Å². The van der Waals surface area contributed by atoms with Crippen molar-refractivity contribution in [3.63, 3.8) is 0 Å². The van der Waals surface area contributed by atoms with E-state index in [1.165, 1.54) is 0 Å². The van der Waals surface area contributed by atoms with Gasteiger partial charge in [0.2, 0.25) is 0 Å². The maximum absolute atomic E-state index is 11.5. The Morgan fingerprint density at radius 3 is 2.82 bits per heavy atom. The molecule has 0 unspecified atom stereocenters. The van der Waals surface area contributed by atoms with Gasteiger partial charge in [0.05, 0.1) is 5.70 Å². The van der Waals surface area contributed by atoms with Gasteiger partial charge >= 0.3 is 0 Å². The van der Waals surface area contributed by atoms with Crippen molar-refractivity contribution >= 4 is 12.0 Å². The van der Waals surface area contributed by atoms with Crippen molar-refractivity contribution in [2.75, 3.05) is 0 Å². The fourth-order valence-corrected chi connectivity index (χ4v) is 1.98. The lowest BCUT2D eigenvalue weighted by molar-refractivity contribution is 0.101. The van der Waals surface area contributed by atoms with Crippen molar-refractivity contribution in [1.82, 2.24) is 5.01 Å². The first-order valence-electron chi connectivity index (χ1n) is 7.02. The molecular formula is C19H18N2O. The standard InChI is InChI=1S/C19H18N2O/c1-5-19(21-15(3)7-6-12-20-21)11-10-17-13-18(16(4)22)9-8-14(17)2/h5-9,12-13H,3H2,1-2,4H3/b19-5-. The van der Waals surface area contributed by atoms with E-state index in [1.54, 1.807) is 18.1 Å². The monoisotopic (exact) mass is 290 g/mol.